The second-order valence-corrected chi connectivity index (χ2v) is 7.09. The highest BCUT2D eigenvalue weighted by molar-refractivity contribution is 5.83. The average molecular weight is 373 g/mol. The van der Waals surface area contributed by atoms with Crippen molar-refractivity contribution in [1.29, 1.82) is 0 Å². The van der Waals surface area contributed by atoms with Gasteiger partial charge in [-0.25, -0.2) is 0 Å². The Morgan fingerprint density at radius 2 is 1.85 bits per heavy atom. The van der Waals surface area contributed by atoms with Crippen LogP contribution in [0.4, 0.5) is 18.9 Å². The number of carbonyl (C=O) groups excluding carboxylic acids is 1. The second-order valence-electron chi connectivity index (χ2n) is 7.09. The van der Waals surface area contributed by atoms with Gasteiger partial charge in [0.1, 0.15) is 0 Å². The van der Waals surface area contributed by atoms with Crippen LogP contribution >= 0.6 is 0 Å². The smallest absolute Gasteiger partial charge is 0.373 e. The topological polar surface area (TPSA) is 53.6 Å². The van der Waals surface area contributed by atoms with E-state index in [-0.39, 0.29) is 29.7 Å². The Kier molecular flexibility index (Phi) is 6.52. The quantitative estimate of drug-likeness (QED) is 0.778. The van der Waals surface area contributed by atoms with E-state index in [2.05, 4.69) is 15.8 Å². The Hall–Kier alpha value is -1.80. The summed E-state index contributed by atoms with van der Waals surface area (Å²) in [7, 11) is 0. The molecule has 0 aliphatic carbocycles. The lowest BCUT2D eigenvalue weighted by Crippen LogP contribution is -2.57. The number of benzene rings is 1. The highest BCUT2D eigenvalue weighted by Gasteiger charge is 2.34. The first kappa shape index (κ1) is 20.5. The summed E-state index contributed by atoms with van der Waals surface area (Å²) >= 11 is 0. The lowest BCUT2D eigenvalue weighted by atomic mass is 10.00. The molecule has 1 aliphatic heterocycles. The first-order valence-corrected chi connectivity index (χ1v) is 8.70. The second kappa shape index (κ2) is 8.26. The Morgan fingerprint density at radius 1 is 1.23 bits per heavy atom. The van der Waals surface area contributed by atoms with Gasteiger partial charge in [-0.1, -0.05) is 19.9 Å². The van der Waals surface area contributed by atoms with Crippen molar-refractivity contribution in [2.24, 2.45) is 5.92 Å². The van der Waals surface area contributed by atoms with Crippen LogP contribution in [0.2, 0.25) is 0 Å². The summed E-state index contributed by atoms with van der Waals surface area (Å²) in [5.41, 5.74) is 4.55. The summed E-state index contributed by atoms with van der Waals surface area (Å²) in [5, 5.41) is 0. The van der Waals surface area contributed by atoms with E-state index in [4.69, 9.17) is 4.74 Å². The molecule has 1 amide bonds. The lowest BCUT2D eigenvalue weighted by molar-refractivity contribution is -0.137. The van der Waals surface area contributed by atoms with E-state index >= 15 is 0 Å². The maximum Gasteiger partial charge on any atom is 0.416 e. The molecule has 0 aromatic heterocycles. The van der Waals surface area contributed by atoms with E-state index in [1.165, 1.54) is 12.1 Å². The third kappa shape index (κ3) is 5.35. The van der Waals surface area contributed by atoms with Crippen LogP contribution in [0, 0.1) is 5.92 Å². The van der Waals surface area contributed by atoms with Crippen molar-refractivity contribution in [2.45, 2.75) is 52.1 Å². The predicted molar refractivity (Wildman–Crippen MR) is 93.4 cm³/mol. The van der Waals surface area contributed by atoms with Gasteiger partial charge in [-0.3, -0.25) is 20.5 Å². The van der Waals surface area contributed by atoms with Gasteiger partial charge < -0.3 is 4.74 Å². The van der Waals surface area contributed by atoms with Gasteiger partial charge in [0.15, 0.2) is 0 Å². The monoisotopic (exact) mass is 373 g/mol. The van der Waals surface area contributed by atoms with Gasteiger partial charge in [0, 0.05) is 13.1 Å². The van der Waals surface area contributed by atoms with Crippen LogP contribution in [0.3, 0.4) is 0 Å². The lowest BCUT2D eigenvalue weighted by Gasteiger charge is -2.40. The number of hydrogen-bond acceptors (Lipinski definition) is 4. The molecule has 5 nitrogen and oxygen atoms in total. The minimum Gasteiger partial charge on any atom is -0.373 e. The Bertz CT molecular complexity index is 612. The zero-order valence-corrected chi connectivity index (χ0v) is 15.4. The van der Waals surface area contributed by atoms with Crippen LogP contribution in [0.1, 0.15) is 33.3 Å². The summed E-state index contributed by atoms with van der Waals surface area (Å²) in [4.78, 5) is 14.7. The number of halogens is 3. The number of amides is 1. The summed E-state index contributed by atoms with van der Waals surface area (Å²) in [6.07, 6.45) is -4.39. The number of alkyl halides is 3. The van der Waals surface area contributed by atoms with Gasteiger partial charge in [-0.15, -0.1) is 0 Å². The summed E-state index contributed by atoms with van der Waals surface area (Å²) in [6, 6.07) is 4.31. The number of hydrogen-bond donors (Lipinski definition) is 2. The molecule has 3 atom stereocenters. The molecule has 1 fully saturated rings. The predicted octanol–water partition coefficient (Wildman–Crippen LogP) is 3.28. The molecule has 2 N–H and O–H groups in total. The highest BCUT2D eigenvalue weighted by atomic mass is 19.4. The molecule has 1 heterocycles. The van der Waals surface area contributed by atoms with E-state index in [9.17, 15) is 18.0 Å². The minimum absolute atomic E-state index is 0.0178. The van der Waals surface area contributed by atoms with E-state index in [0.717, 1.165) is 12.1 Å². The molecule has 1 aromatic rings. The molecular formula is C18H26F3N3O2. The summed E-state index contributed by atoms with van der Waals surface area (Å²) in [6.45, 7) is 9.06. The maximum absolute atomic E-state index is 12.8. The molecule has 1 saturated heterocycles. The van der Waals surface area contributed by atoms with Crippen LogP contribution in [0.15, 0.2) is 24.3 Å². The van der Waals surface area contributed by atoms with Crippen molar-refractivity contribution < 1.29 is 22.7 Å². The van der Waals surface area contributed by atoms with Crippen LogP contribution in [0.5, 0.6) is 0 Å². The SMILES string of the molecule is CC1CN(C(C(=O)NNc2cccc(C(F)(F)F)c2)C(C)C)CC(C)O1. The van der Waals surface area contributed by atoms with Crippen molar-refractivity contribution in [2.75, 3.05) is 18.5 Å². The fourth-order valence-corrected chi connectivity index (χ4v) is 3.32. The van der Waals surface area contributed by atoms with Crippen molar-refractivity contribution in [3.63, 3.8) is 0 Å². The van der Waals surface area contributed by atoms with E-state index in [1.807, 2.05) is 27.7 Å². The van der Waals surface area contributed by atoms with Gasteiger partial charge in [0.25, 0.3) is 5.91 Å². The standard InChI is InChI=1S/C18H26F3N3O2/c1-11(2)16(24-9-12(3)26-13(4)10-24)17(25)23-22-15-7-5-6-14(8-15)18(19,20)21/h5-8,11-13,16,22H,9-10H2,1-4H3,(H,23,25). The zero-order chi connectivity index (χ0) is 19.5. The Morgan fingerprint density at radius 3 is 2.38 bits per heavy atom. The molecule has 1 aromatic carbocycles. The number of nitrogens with one attached hydrogen (secondary N) is 2. The van der Waals surface area contributed by atoms with Crippen molar-refractivity contribution in [3.8, 4) is 0 Å². The van der Waals surface area contributed by atoms with E-state index < -0.39 is 17.8 Å². The molecule has 146 valence electrons. The van der Waals surface area contributed by atoms with Crippen molar-refractivity contribution >= 4 is 11.6 Å². The zero-order valence-electron chi connectivity index (χ0n) is 15.4. The molecule has 0 saturated carbocycles. The molecule has 3 unspecified atom stereocenters. The van der Waals surface area contributed by atoms with Crippen LogP contribution in [-0.4, -0.2) is 42.1 Å². The van der Waals surface area contributed by atoms with Gasteiger partial charge in [-0.2, -0.15) is 13.2 Å². The minimum atomic E-state index is -4.43. The number of carbonyl (C=O) groups is 1. The van der Waals surface area contributed by atoms with Crippen molar-refractivity contribution in [1.82, 2.24) is 10.3 Å². The fourth-order valence-electron chi connectivity index (χ4n) is 3.32. The summed E-state index contributed by atoms with van der Waals surface area (Å²) < 4.78 is 44.1. The first-order chi connectivity index (χ1) is 12.1. The van der Waals surface area contributed by atoms with Gasteiger partial charge >= 0.3 is 6.18 Å². The third-order valence-electron chi connectivity index (χ3n) is 4.26. The molecule has 26 heavy (non-hydrogen) atoms. The van der Waals surface area contributed by atoms with Gasteiger partial charge in [-0.05, 0) is 38.0 Å². The summed E-state index contributed by atoms with van der Waals surface area (Å²) in [5.74, 6) is -0.241. The molecule has 0 bridgehead atoms. The third-order valence-corrected chi connectivity index (χ3v) is 4.26. The molecule has 8 heteroatoms. The Balaban J connectivity index is 2.04. The number of morpholine rings is 1. The largest absolute Gasteiger partial charge is 0.416 e. The van der Waals surface area contributed by atoms with Gasteiger partial charge in [0.2, 0.25) is 0 Å². The average Bonchev–Trinajstić information content (AvgIpc) is 2.51. The fraction of sp³-hybridized carbons (Fsp3) is 0.611. The molecule has 2 rings (SSSR count). The Labute approximate surface area is 151 Å². The number of nitrogens with zero attached hydrogens (tertiary/aromatic N) is 1. The number of rotatable bonds is 5. The van der Waals surface area contributed by atoms with Gasteiger partial charge in [0.05, 0.1) is 29.5 Å². The number of anilines is 1. The number of ether oxygens (including phenoxy) is 1. The van der Waals surface area contributed by atoms with Crippen LogP contribution in [0.25, 0.3) is 0 Å². The van der Waals surface area contributed by atoms with Crippen LogP contribution < -0.4 is 10.9 Å². The molecular weight excluding hydrogens is 347 g/mol. The molecule has 0 radical (unpaired) electrons. The highest BCUT2D eigenvalue weighted by Crippen LogP contribution is 2.30. The molecule has 0 spiro atoms. The van der Waals surface area contributed by atoms with Crippen LogP contribution in [-0.2, 0) is 15.7 Å². The maximum atomic E-state index is 12.8. The van der Waals surface area contributed by atoms with Crippen molar-refractivity contribution in [3.05, 3.63) is 29.8 Å². The first-order valence-electron chi connectivity index (χ1n) is 8.70. The normalized spacial score (nSPS) is 22.9. The van der Waals surface area contributed by atoms with E-state index in [1.54, 1.807) is 0 Å². The van der Waals surface area contributed by atoms with E-state index in [0.29, 0.717) is 13.1 Å². The number of hydrazine groups is 1. The molecule has 1 aliphatic rings.